The van der Waals surface area contributed by atoms with E-state index in [0.29, 0.717) is 6.42 Å². The first-order valence-electron chi connectivity index (χ1n) is 5.41. The largest absolute Gasteiger partial charge is 0.469 e. The molecule has 0 aliphatic heterocycles. The zero-order valence-corrected chi connectivity index (χ0v) is 9.79. The van der Waals surface area contributed by atoms with Gasteiger partial charge in [0, 0.05) is 17.6 Å². The van der Waals surface area contributed by atoms with Gasteiger partial charge in [-0.25, -0.2) is 0 Å². The second-order valence-corrected chi connectivity index (χ2v) is 4.61. The molecule has 0 spiro atoms. The zero-order chi connectivity index (χ0) is 11.5. The lowest BCUT2D eigenvalue weighted by Crippen LogP contribution is -2.54. The molecule has 1 rings (SSSR count). The molecule has 1 heterocycles. The van der Waals surface area contributed by atoms with E-state index in [2.05, 4.69) is 6.92 Å². The smallest absolute Gasteiger partial charge is 0.111 e. The SMILES string of the molecule is CCC(CCO)(c1ccco1)C(C)(C)N. The van der Waals surface area contributed by atoms with Crippen molar-refractivity contribution in [2.75, 3.05) is 6.61 Å². The molecule has 15 heavy (non-hydrogen) atoms. The van der Waals surface area contributed by atoms with Crippen LogP contribution in [0.15, 0.2) is 22.8 Å². The number of aliphatic hydroxyl groups is 1. The molecule has 0 bridgehead atoms. The maximum Gasteiger partial charge on any atom is 0.111 e. The van der Waals surface area contributed by atoms with Crippen molar-refractivity contribution in [1.29, 1.82) is 0 Å². The number of hydrogen-bond acceptors (Lipinski definition) is 3. The Morgan fingerprint density at radius 3 is 2.47 bits per heavy atom. The van der Waals surface area contributed by atoms with E-state index < -0.39 is 5.54 Å². The van der Waals surface area contributed by atoms with Crippen molar-refractivity contribution in [2.24, 2.45) is 5.73 Å². The molecule has 0 saturated carbocycles. The molecule has 0 aliphatic rings. The lowest BCUT2D eigenvalue weighted by atomic mass is 9.66. The van der Waals surface area contributed by atoms with Crippen LogP contribution in [-0.4, -0.2) is 17.3 Å². The summed E-state index contributed by atoms with van der Waals surface area (Å²) in [6, 6.07) is 3.80. The third kappa shape index (κ3) is 2.08. The minimum absolute atomic E-state index is 0.120. The molecule has 3 nitrogen and oxygen atoms in total. The normalized spacial score (nSPS) is 16.3. The molecular weight excluding hydrogens is 190 g/mol. The van der Waals surface area contributed by atoms with Crippen LogP contribution < -0.4 is 5.73 Å². The van der Waals surface area contributed by atoms with Crippen molar-refractivity contribution in [3.05, 3.63) is 24.2 Å². The van der Waals surface area contributed by atoms with Crippen molar-refractivity contribution in [3.63, 3.8) is 0 Å². The number of aliphatic hydroxyl groups excluding tert-OH is 1. The average molecular weight is 211 g/mol. The molecular formula is C12H21NO2. The van der Waals surface area contributed by atoms with Crippen molar-refractivity contribution in [1.82, 2.24) is 0 Å². The van der Waals surface area contributed by atoms with Gasteiger partial charge < -0.3 is 15.3 Å². The summed E-state index contributed by atoms with van der Waals surface area (Å²) in [7, 11) is 0. The highest BCUT2D eigenvalue weighted by Gasteiger charge is 2.44. The van der Waals surface area contributed by atoms with Gasteiger partial charge in [0.1, 0.15) is 5.76 Å². The molecule has 0 radical (unpaired) electrons. The van der Waals surface area contributed by atoms with Gasteiger partial charge in [-0.3, -0.25) is 0 Å². The van der Waals surface area contributed by atoms with Crippen LogP contribution in [0.1, 0.15) is 39.4 Å². The van der Waals surface area contributed by atoms with E-state index in [1.807, 2.05) is 26.0 Å². The molecule has 0 amide bonds. The molecule has 0 fully saturated rings. The van der Waals surface area contributed by atoms with E-state index in [1.165, 1.54) is 0 Å². The van der Waals surface area contributed by atoms with Crippen molar-refractivity contribution in [2.45, 2.75) is 44.6 Å². The summed E-state index contributed by atoms with van der Waals surface area (Å²) in [6.45, 7) is 6.16. The summed E-state index contributed by atoms with van der Waals surface area (Å²) in [4.78, 5) is 0. The van der Waals surface area contributed by atoms with Crippen molar-refractivity contribution < 1.29 is 9.52 Å². The minimum atomic E-state index is -0.414. The Morgan fingerprint density at radius 1 is 1.47 bits per heavy atom. The fourth-order valence-electron chi connectivity index (χ4n) is 2.31. The summed E-state index contributed by atoms with van der Waals surface area (Å²) < 4.78 is 5.48. The van der Waals surface area contributed by atoms with Gasteiger partial charge in [-0.05, 0) is 38.8 Å². The first kappa shape index (κ1) is 12.3. The van der Waals surface area contributed by atoms with Gasteiger partial charge in [-0.15, -0.1) is 0 Å². The van der Waals surface area contributed by atoms with Crippen LogP contribution in [0.5, 0.6) is 0 Å². The standard InChI is InChI=1S/C12H21NO2/c1-4-12(7-8-14,11(2,3)13)10-6-5-9-15-10/h5-6,9,14H,4,7-8,13H2,1-3H3. The van der Waals surface area contributed by atoms with Gasteiger partial charge in [-0.2, -0.15) is 0 Å². The van der Waals surface area contributed by atoms with Gasteiger partial charge in [0.25, 0.3) is 0 Å². The number of hydrogen-bond donors (Lipinski definition) is 2. The first-order valence-corrected chi connectivity index (χ1v) is 5.41. The van der Waals surface area contributed by atoms with E-state index in [9.17, 15) is 5.11 Å². The van der Waals surface area contributed by atoms with Crippen LogP contribution in [0.4, 0.5) is 0 Å². The maximum atomic E-state index is 9.20. The number of rotatable bonds is 5. The topological polar surface area (TPSA) is 59.4 Å². The Hall–Kier alpha value is -0.800. The van der Waals surface area contributed by atoms with Crippen LogP contribution in [0.3, 0.4) is 0 Å². The lowest BCUT2D eigenvalue weighted by Gasteiger charge is -2.42. The third-order valence-corrected chi connectivity index (χ3v) is 3.37. The van der Waals surface area contributed by atoms with E-state index in [0.717, 1.165) is 12.2 Å². The van der Waals surface area contributed by atoms with Crippen LogP contribution in [-0.2, 0) is 5.41 Å². The highest BCUT2D eigenvalue weighted by Crippen LogP contribution is 2.40. The Labute approximate surface area is 91.3 Å². The van der Waals surface area contributed by atoms with E-state index >= 15 is 0 Å². The molecule has 3 N–H and O–H groups in total. The monoisotopic (exact) mass is 211 g/mol. The van der Waals surface area contributed by atoms with Crippen molar-refractivity contribution >= 4 is 0 Å². The van der Waals surface area contributed by atoms with E-state index in [1.54, 1.807) is 6.26 Å². The summed E-state index contributed by atoms with van der Waals surface area (Å²) in [5, 5.41) is 9.20. The van der Waals surface area contributed by atoms with Crippen LogP contribution in [0.2, 0.25) is 0 Å². The third-order valence-electron chi connectivity index (χ3n) is 3.37. The predicted octanol–water partition coefficient (Wildman–Crippen LogP) is 2.05. The molecule has 0 aliphatic carbocycles. The summed E-state index contributed by atoms with van der Waals surface area (Å²) in [5.41, 5.74) is 5.53. The maximum absolute atomic E-state index is 9.20. The van der Waals surface area contributed by atoms with Gasteiger partial charge in [0.05, 0.1) is 6.26 Å². The zero-order valence-electron chi connectivity index (χ0n) is 9.79. The van der Waals surface area contributed by atoms with E-state index in [4.69, 9.17) is 10.2 Å². The Kier molecular flexibility index (Phi) is 3.58. The summed E-state index contributed by atoms with van der Waals surface area (Å²) >= 11 is 0. The molecule has 1 unspecified atom stereocenters. The van der Waals surface area contributed by atoms with Gasteiger partial charge >= 0.3 is 0 Å². The highest BCUT2D eigenvalue weighted by molar-refractivity contribution is 5.21. The minimum Gasteiger partial charge on any atom is -0.469 e. The Morgan fingerprint density at radius 2 is 2.13 bits per heavy atom. The average Bonchev–Trinajstić information content (AvgIpc) is 2.65. The molecule has 1 aromatic heterocycles. The molecule has 0 saturated heterocycles. The molecule has 0 aromatic carbocycles. The summed E-state index contributed by atoms with van der Waals surface area (Å²) in [6.07, 6.45) is 3.13. The quantitative estimate of drug-likeness (QED) is 0.783. The predicted molar refractivity (Wildman–Crippen MR) is 60.6 cm³/mol. The number of nitrogens with two attached hydrogens (primary N) is 1. The van der Waals surface area contributed by atoms with Crippen LogP contribution in [0, 0.1) is 0 Å². The Balaban J connectivity index is 3.16. The molecule has 3 heteroatoms. The van der Waals surface area contributed by atoms with E-state index in [-0.39, 0.29) is 12.0 Å². The molecule has 1 atom stereocenters. The second-order valence-electron chi connectivity index (χ2n) is 4.61. The Bertz CT molecular complexity index is 287. The van der Waals surface area contributed by atoms with Gasteiger partial charge in [0.15, 0.2) is 0 Å². The summed E-state index contributed by atoms with van der Waals surface area (Å²) in [5.74, 6) is 0.867. The molecule has 1 aromatic rings. The fourth-order valence-corrected chi connectivity index (χ4v) is 2.31. The number of furan rings is 1. The van der Waals surface area contributed by atoms with Gasteiger partial charge in [-0.1, -0.05) is 6.92 Å². The molecule has 86 valence electrons. The first-order chi connectivity index (χ1) is 6.98. The highest BCUT2D eigenvalue weighted by atomic mass is 16.3. The van der Waals surface area contributed by atoms with Gasteiger partial charge in [0.2, 0.25) is 0 Å². The fraction of sp³-hybridized carbons (Fsp3) is 0.667. The second kappa shape index (κ2) is 4.37. The van der Waals surface area contributed by atoms with Crippen LogP contribution in [0.25, 0.3) is 0 Å². The van der Waals surface area contributed by atoms with Crippen LogP contribution >= 0.6 is 0 Å². The lowest BCUT2D eigenvalue weighted by molar-refractivity contribution is 0.146. The van der Waals surface area contributed by atoms with Crippen molar-refractivity contribution in [3.8, 4) is 0 Å².